The van der Waals surface area contributed by atoms with Crippen LogP contribution in [0.1, 0.15) is 6.42 Å². The number of hydrogen-bond acceptors (Lipinski definition) is 3. The third kappa shape index (κ3) is 1.41. The third-order valence-electron chi connectivity index (χ3n) is 2.08. The highest BCUT2D eigenvalue weighted by Crippen LogP contribution is 2.16. The molecular weight excluding hydrogens is 152 g/mol. The number of aliphatic hydroxyl groups is 1. The van der Waals surface area contributed by atoms with Gasteiger partial charge in [-0.05, 0) is 18.6 Å². The van der Waals surface area contributed by atoms with Crippen LogP contribution in [0.5, 0.6) is 0 Å². The topological polar surface area (TPSA) is 36.4 Å². The maximum atomic E-state index is 9.28. The van der Waals surface area contributed by atoms with Crippen LogP contribution < -0.4 is 4.90 Å². The molecule has 1 fully saturated rings. The molecule has 0 bridgehead atoms. The molecule has 1 N–H and O–H groups in total. The van der Waals surface area contributed by atoms with Gasteiger partial charge in [0, 0.05) is 13.1 Å². The van der Waals surface area contributed by atoms with E-state index in [2.05, 4.69) is 16.1 Å². The first kappa shape index (κ1) is 7.55. The zero-order valence-corrected chi connectivity index (χ0v) is 6.77. The average molecular weight is 163 g/mol. The van der Waals surface area contributed by atoms with E-state index in [0.717, 1.165) is 18.8 Å². The monoisotopic (exact) mass is 163 g/mol. The van der Waals surface area contributed by atoms with Crippen molar-refractivity contribution in [2.45, 2.75) is 12.5 Å². The maximum absolute atomic E-state index is 9.28. The lowest BCUT2D eigenvalue weighted by Gasteiger charge is -2.15. The lowest BCUT2D eigenvalue weighted by molar-refractivity contribution is 0.198. The van der Waals surface area contributed by atoms with Crippen LogP contribution in [0.3, 0.4) is 0 Å². The van der Waals surface area contributed by atoms with E-state index in [1.165, 1.54) is 0 Å². The van der Waals surface area contributed by atoms with Crippen molar-refractivity contribution in [1.29, 1.82) is 0 Å². The number of pyridine rings is 1. The summed E-state index contributed by atoms with van der Waals surface area (Å²) in [4.78, 5) is 6.16. The first-order chi connectivity index (χ1) is 5.86. The van der Waals surface area contributed by atoms with Gasteiger partial charge in [-0.1, -0.05) is 6.07 Å². The molecular formula is C9H11N2O. The Balaban J connectivity index is 2.11. The van der Waals surface area contributed by atoms with E-state index in [9.17, 15) is 5.11 Å². The van der Waals surface area contributed by atoms with Crippen molar-refractivity contribution in [3.05, 3.63) is 24.4 Å². The number of nitrogens with zero attached hydrogens (tertiary/aromatic N) is 2. The Morgan fingerprint density at radius 1 is 1.67 bits per heavy atom. The summed E-state index contributed by atoms with van der Waals surface area (Å²) in [6.07, 6.45) is 3.44. The van der Waals surface area contributed by atoms with Gasteiger partial charge in [-0.3, -0.25) is 0 Å². The summed E-state index contributed by atoms with van der Waals surface area (Å²) >= 11 is 0. The maximum Gasteiger partial charge on any atom is 0.129 e. The summed E-state index contributed by atoms with van der Waals surface area (Å²) in [6, 6.07) is 5.62. The second kappa shape index (κ2) is 3.11. The molecule has 0 amide bonds. The predicted molar refractivity (Wildman–Crippen MR) is 45.9 cm³/mol. The van der Waals surface area contributed by atoms with E-state index in [-0.39, 0.29) is 6.10 Å². The Morgan fingerprint density at radius 3 is 3.17 bits per heavy atom. The van der Waals surface area contributed by atoms with Crippen LogP contribution in [0.25, 0.3) is 0 Å². The molecule has 3 nitrogen and oxygen atoms in total. The molecule has 0 spiro atoms. The van der Waals surface area contributed by atoms with Gasteiger partial charge in [0.2, 0.25) is 0 Å². The molecule has 1 aliphatic heterocycles. The van der Waals surface area contributed by atoms with Crippen LogP contribution in [-0.4, -0.2) is 29.3 Å². The van der Waals surface area contributed by atoms with Gasteiger partial charge in [0.15, 0.2) is 0 Å². The van der Waals surface area contributed by atoms with Gasteiger partial charge in [0.1, 0.15) is 5.82 Å². The molecule has 0 unspecified atom stereocenters. The van der Waals surface area contributed by atoms with Crippen LogP contribution in [-0.2, 0) is 0 Å². The molecule has 1 aromatic rings. The summed E-state index contributed by atoms with van der Waals surface area (Å²) in [5.74, 6) is 0.911. The van der Waals surface area contributed by atoms with Crippen LogP contribution in [0.2, 0.25) is 0 Å². The first-order valence-corrected chi connectivity index (χ1v) is 4.12. The highest BCUT2D eigenvalue weighted by Gasteiger charge is 2.20. The van der Waals surface area contributed by atoms with E-state index < -0.39 is 0 Å². The normalized spacial score (nSPS) is 23.1. The largest absolute Gasteiger partial charge is 0.391 e. The van der Waals surface area contributed by atoms with Gasteiger partial charge in [-0.2, -0.15) is 0 Å². The van der Waals surface area contributed by atoms with Crippen molar-refractivity contribution in [1.82, 2.24) is 4.98 Å². The van der Waals surface area contributed by atoms with Crippen LogP contribution in [0.15, 0.2) is 18.2 Å². The Labute approximate surface area is 71.7 Å². The van der Waals surface area contributed by atoms with Crippen LogP contribution >= 0.6 is 0 Å². The molecule has 1 saturated heterocycles. The van der Waals surface area contributed by atoms with E-state index >= 15 is 0 Å². The number of rotatable bonds is 1. The lowest BCUT2D eigenvalue weighted by atomic mass is 10.3. The number of aromatic nitrogens is 1. The minimum atomic E-state index is -0.188. The van der Waals surface area contributed by atoms with Gasteiger partial charge in [0.05, 0.1) is 12.3 Å². The zero-order chi connectivity index (χ0) is 8.39. The third-order valence-corrected chi connectivity index (χ3v) is 2.08. The van der Waals surface area contributed by atoms with E-state index in [0.29, 0.717) is 6.54 Å². The summed E-state index contributed by atoms with van der Waals surface area (Å²) in [5.41, 5.74) is 0. The van der Waals surface area contributed by atoms with Crippen molar-refractivity contribution in [3.63, 3.8) is 0 Å². The van der Waals surface area contributed by atoms with Crippen molar-refractivity contribution in [2.24, 2.45) is 0 Å². The van der Waals surface area contributed by atoms with Gasteiger partial charge in [-0.15, -0.1) is 0 Å². The SMILES string of the molecule is O[C@@H]1CCN(c2ccc[c]n2)C1. The minimum Gasteiger partial charge on any atom is -0.391 e. The van der Waals surface area contributed by atoms with E-state index in [1.807, 2.05) is 12.1 Å². The fourth-order valence-electron chi connectivity index (χ4n) is 1.44. The van der Waals surface area contributed by atoms with Gasteiger partial charge >= 0.3 is 0 Å². The molecule has 2 rings (SSSR count). The summed E-state index contributed by atoms with van der Waals surface area (Å²) in [7, 11) is 0. The molecule has 1 radical (unpaired) electrons. The predicted octanol–water partition coefficient (Wildman–Crippen LogP) is 0.453. The Morgan fingerprint density at radius 2 is 2.58 bits per heavy atom. The van der Waals surface area contributed by atoms with Gasteiger partial charge in [0.25, 0.3) is 0 Å². The lowest BCUT2D eigenvalue weighted by Crippen LogP contribution is -2.21. The Kier molecular flexibility index (Phi) is 1.96. The molecule has 1 aliphatic rings. The number of anilines is 1. The summed E-state index contributed by atoms with van der Waals surface area (Å²) in [5, 5.41) is 9.28. The van der Waals surface area contributed by atoms with Crippen LogP contribution in [0.4, 0.5) is 5.82 Å². The van der Waals surface area contributed by atoms with E-state index in [4.69, 9.17) is 0 Å². The Bertz CT molecular complexity index is 250. The minimum absolute atomic E-state index is 0.188. The highest BCUT2D eigenvalue weighted by atomic mass is 16.3. The second-order valence-corrected chi connectivity index (χ2v) is 3.01. The van der Waals surface area contributed by atoms with Gasteiger partial charge in [-0.25, -0.2) is 4.98 Å². The number of aliphatic hydroxyl groups excluding tert-OH is 1. The highest BCUT2D eigenvalue weighted by molar-refractivity contribution is 5.38. The quantitative estimate of drug-likeness (QED) is 0.653. The van der Waals surface area contributed by atoms with E-state index in [1.54, 1.807) is 6.07 Å². The Hall–Kier alpha value is -1.09. The molecule has 3 heteroatoms. The average Bonchev–Trinajstić information content (AvgIpc) is 2.54. The number of hydrogen-bond donors (Lipinski definition) is 1. The van der Waals surface area contributed by atoms with Crippen molar-refractivity contribution in [2.75, 3.05) is 18.0 Å². The molecule has 63 valence electrons. The van der Waals surface area contributed by atoms with Crippen molar-refractivity contribution < 1.29 is 5.11 Å². The molecule has 2 heterocycles. The molecule has 0 saturated carbocycles. The fraction of sp³-hybridized carbons (Fsp3) is 0.444. The smallest absolute Gasteiger partial charge is 0.129 e. The molecule has 1 aromatic heterocycles. The molecule has 12 heavy (non-hydrogen) atoms. The fourth-order valence-corrected chi connectivity index (χ4v) is 1.44. The number of β-amino-alcohol motifs (C(OH)–C–C–N with tert-alkyl or cyclic N) is 1. The molecule has 0 aliphatic carbocycles. The van der Waals surface area contributed by atoms with Crippen molar-refractivity contribution >= 4 is 5.82 Å². The van der Waals surface area contributed by atoms with Crippen LogP contribution in [0, 0.1) is 6.20 Å². The molecule has 1 atom stereocenters. The van der Waals surface area contributed by atoms with Gasteiger partial charge < -0.3 is 10.0 Å². The molecule has 0 aromatic carbocycles. The first-order valence-electron chi connectivity index (χ1n) is 4.12. The summed E-state index contributed by atoms with van der Waals surface area (Å²) < 4.78 is 0. The second-order valence-electron chi connectivity index (χ2n) is 3.01. The summed E-state index contributed by atoms with van der Waals surface area (Å²) in [6.45, 7) is 1.59. The van der Waals surface area contributed by atoms with Crippen molar-refractivity contribution in [3.8, 4) is 0 Å². The zero-order valence-electron chi connectivity index (χ0n) is 6.77. The standard InChI is InChI=1S/C9H11N2O/c12-8-4-6-11(7-8)9-3-1-2-5-10-9/h1-3,8,12H,4,6-7H2/t8-/m1/s1.